The number of carbonyl (C=O) groups is 20. The number of carbonyl (C=O) groups excluding carboxylic acids is 16. The number of aliphatic carboxylic acids is 4. The third-order valence-corrected chi connectivity index (χ3v) is 17.9. The fourth-order valence-corrected chi connectivity index (χ4v) is 11.8. The lowest BCUT2D eigenvalue weighted by molar-refractivity contribution is -0.156. The van der Waals surface area contributed by atoms with E-state index >= 15 is 0 Å². The van der Waals surface area contributed by atoms with Crippen molar-refractivity contribution in [2.24, 2.45) is 17.4 Å². The number of guanidine groups is 1. The smallest absolute Gasteiger partial charge is 0.329 e. The van der Waals surface area contributed by atoms with Gasteiger partial charge in [0.1, 0.15) is 72.6 Å². The number of para-hydroxylation sites is 2. The Morgan fingerprint density at radius 1 is 0.551 bits per heavy atom. The molecule has 2 aromatic carbocycles. The van der Waals surface area contributed by atoms with Gasteiger partial charge in [-0.25, -0.2) is 9.59 Å². The molecule has 1 aliphatic heterocycles. The van der Waals surface area contributed by atoms with Crippen molar-refractivity contribution in [2.75, 3.05) is 38.5 Å². The van der Waals surface area contributed by atoms with Gasteiger partial charge in [0, 0.05) is 54.3 Å². The van der Waals surface area contributed by atoms with Crippen molar-refractivity contribution >= 4 is 141 Å². The number of esters is 1. The molecule has 1 fully saturated rings. The number of anilines is 1. The highest BCUT2D eigenvalue weighted by Crippen LogP contribution is 2.21. The summed E-state index contributed by atoms with van der Waals surface area (Å²) in [4.78, 5) is 277. The topological polar surface area (TPSA) is 750 Å². The highest BCUT2D eigenvalue weighted by atomic mass is 16.5. The highest BCUT2D eigenvalue weighted by Gasteiger charge is 2.41. The van der Waals surface area contributed by atoms with Crippen LogP contribution in [0.2, 0.25) is 0 Å². The van der Waals surface area contributed by atoms with Crippen molar-refractivity contribution in [3.63, 3.8) is 0 Å². The van der Waals surface area contributed by atoms with E-state index in [1.807, 2.05) is 16.0 Å². The normalized spacial score (nSPS) is 20.8. The van der Waals surface area contributed by atoms with Gasteiger partial charge in [0.15, 0.2) is 11.7 Å². The van der Waals surface area contributed by atoms with Crippen LogP contribution in [0.25, 0.3) is 10.9 Å². The van der Waals surface area contributed by atoms with Crippen LogP contribution in [0.4, 0.5) is 10.5 Å². The number of aromatic amines is 1. The number of hydrogen-bond donors (Lipinski definition) is 25. The molecule has 118 heavy (non-hydrogen) atoms. The number of hydrogen-bond acceptors (Lipinski definition) is 24. The number of primary amides is 1. The molecule has 0 aliphatic carbocycles. The van der Waals surface area contributed by atoms with Crippen LogP contribution in [0, 0.1) is 11.3 Å². The number of benzene rings is 2. The Kier molecular flexibility index (Phi) is 39.8. The number of amides is 15. The molecule has 1 saturated heterocycles. The first-order valence-corrected chi connectivity index (χ1v) is 37.3. The number of rotatable bonds is 35. The summed E-state index contributed by atoms with van der Waals surface area (Å²) in [6, 6.07) is -11.8. The van der Waals surface area contributed by atoms with E-state index in [9.17, 15) is 121 Å². The summed E-state index contributed by atoms with van der Waals surface area (Å²) in [6.45, 7) is 1.16. The number of unbranched alkanes of at least 4 members (excludes halogenated alkanes) is 5. The molecular formula is C72H102N20O26. The summed E-state index contributed by atoms with van der Waals surface area (Å²) in [5.41, 5.74) is 17.7. The molecule has 13 unspecified atom stereocenters. The molecule has 1 aliphatic rings. The largest absolute Gasteiger partial charge is 0.481 e. The van der Waals surface area contributed by atoms with Crippen LogP contribution in [-0.4, -0.2) is 260 Å². The lowest BCUT2D eigenvalue weighted by atomic mass is 9.96. The number of Topliss-reactive ketones (excluding diaryl/α,β-unsaturated/α-hetero) is 1. The van der Waals surface area contributed by atoms with Crippen LogP contribution in [0.1, 0.15) is 134 Å². The molecule has 0 saturated carbocycles. The lowest BCUT2D eigenvalue weighted by Crippen LogP contribution is -2.62. The number of cyclic esters (lactones) is 1. The first kappa shape index (κ1) is 96.8. The van der Waals surface area contributed by atoms with Gasteiger partial charge in [0.25, 0.3) is 0 Å². The summed E-state index contributed by atoms with van der Waals surface area (Å²) in [6.07, 6.45) is -3.46. The fraction of sp³-hybridized carbons (Fsp3) is 0.514. The van der Waals surface area contributed by atoms with Gasteiger partial charge in [0.2, 0.25) is 76.8 Å². The molecule has 0 spiro atoms. The minimum absolute atomic E-state index is 0.180. The number of ketones is 1. The summed E-state index contributed by atoms with van der Waals surface area (Å²) in [5, 5.41) is 91.2. The second kappa shape index (κ2) is 48.6. The standard InChI is InChI=1S/C72H102N20O26/c1-5-6-7-8-9-14-21-78-72(117)90-43(24-37-30-79-41-19-13-11-16-38(37)41)64(110)86-44(26-51(74)95)65(111)88-47(29-57(104)105)66(112)92-59-36(4)118-70(116)48(25-50(94)39-17-10-12-18-40(39)73)89-69(115)58(34(2)23-54(98)99)91-67(113)49(33-93)84-53(97)31-80-61(107)45(27-55(100)101)85-60(106)35(3)82-63(109)46(28-56(102)103)87-62(108)42(20-15-22-77-71(75)76)83-52(96)32-81-68(59)114/h10-13,16-19,30,34-36,42-49,58-59,79,93H,5-9,14-15,20-29,31-33,73H2,1-4H3,(H2,74,95)(H,80,107)(H,81,114)(H,82,109)(H,83,96)(H,84,97)(H,85,106)(H,86,110)(H,87,108)(H,88,111)(H,89,115)(H,91,113)(H,92,112)(H,98,99)(H,100,101)(H,102,103)(H,104,105)(H4,75,76,77)(H2,78,90,117). The number of nitrogen functional groups attached to an aromatic ring is 1. The number of aromatic nitrogens is 1. The van der Waals surface area contributed by atoms with Gasteiger partial charge in [-0.1, -0.05) is 76.3 Å². The Hall–Kier alpha value is -13.6. The SMILES string of the molecule is CCCCCCCCNC(=O)NC(Cc1c[nH]c2ccccc12)C(=O)NC(CC(N)=O)C(=O)NC(CC(=O)O)C(=O)NC1C(=O)NCC(=O)NC(CCCNC(=N)N)C(=O)NC(CC(=O)O)C(=O)NC(C)C(=O)NC(CC(=O)O)C(=O)NCC(=O)NC(CO)C(=O)NC(C(C)CC(=O)O)C(=O)NC(CC(=O)c2ccccc2N)C(=O)OC1C. The van der Waals surface area contributed by atoms with Gasteiger partial charge < -0.3 is 132 Å². The van der Waals surface area contributed by atoms with E-state index in [1.165, 1.54) is 24.3 Å². The molecule has 15 amide bonds. The quantitative estimate of drug-likeness (QED) is 0.00650. The van der Waals surface area contributed by atoms with Crippen molar-refractivity contribution in [1.82, 2.24) is 84.7 Å². The van der Waals surface area contributed by atoms with Crippen LogP contribution in [0.5, 0.6) is 0 Å². The van der Waals surface area contributed by atoms with Crippen molar-refractivity contribution in [3.8, 4) is 0 Å². The molecule has 4 rings (SSSR count). The maximum absolute atomic E-state index is 14.9. The summed E-state index contributed by atoms with van der Waals surface area (Å²) in [7, 11) is 0. The monoisotopic (exact) mass is 1660 g/mol. The summed E-state index contributed by atoms with van der Waals surface area (Å²) >= 11 is 0. The second-order valence-electron chi connectivity index (χ2n) is 27.5. The predicted octanol–water partition coefficient (Wildman–Crippen LogP) is -6.69. The Bertz CT molecular complexity index is 4180. The Morgan fingerprint density at radius 3 is 1.70 bits per heavy atom. The lowest BCUT2D eigenvalue weighted by Gasteiger charge is -2.30. The van der Waals surface area contributed by atoms with E-state index < -0.39 is 268 Å². The number of urea groups is 1. The fourth-order valence-electron chi connectivity index (χ4n) is 11.8. The van der Waals surface area contributed by atoms with Crippen molar-refractivity contribution < 1.29 is 126 Å². The van der Waals surface area contributed by atoms with E-state index in [1.54, 1.807) is 30.5 Å². The first-order chi connectivity index (χ1) is 55.7. The molecule has 28 N–H and O–H groups in total. The zero-order chi connectivity index (χ0) is 88.0. The Labute approximate surface area is 673 Å². The number of carboxylic acids is 4. The van der Waals surface area contributed by atoms with Crippen LogP contribution in [0.15, 0.2) is 54.7 Å². The van der Waals surface area contributed by atoms with Crippen LogP contribution in [0.3, 0.4) is 0 Å². The highest BCUT2D eigenvalue weighted by molar-refractivity contribution is 6.05. The molecule has 13 atom stereocenters. The average molecular weight is 1660 g/mol. The van der Waals surface area contributed by atoms with E-state index in [-0.39, 0.29) is 37.2 Å². The molecule has 46 heteroatoms. The second-order valence-corrected chi connectivity index (χ2v) is 27.5. The minimum Gasteiger partial charge on any atom is -0.481 e. The van der Waals surface area contributed by atoms with Gasteiger partial charge in [-0.3, -0.25) is 91.7 Å². The third-order valence-electron chi connectivity index (χ3n) is 17.9. The maximum Gasteiger partial charge on any atom is 0.329 e. The zero-order valence-corrected chi connectivity index (χ0v) is 64.9. The Morgan fingerprint density at radius 2 is 1.09 bits per heavy atom. The Balaban J connectivity index is 1.90. The van der Waals surface area contributed by atoms with E-state index in [0.29, 0.717) is 22.9 Å². The number of fused-ring (bicyclic) bond motifs is 1. The molecule has 0 radical (unpaired) electrons. The summed E-state index contributed by atoms with van der Waals surface area (Å²) < 4.78 is 5.69. The number of nitrogens with one attached hydrogen (secondary N) is 17. The number of aliphatic hydroxyl groups is 1. The number of carboxylic acid groups (broad SMARTS) is 4. The number of nitrogens with two attached hydrogens (primary N) is 3. The molecule has 2 heterocycles. The van der Waals surface area contributed by atoms with E-state index in [0.717, 1.165) is 52.9 Å². The van der Waals surface area contributed by atoms with Crippen molar-refractivity contribution in [3.05, 3.63) is 65.9 Å². The molecule has 3 aromatic rings. The molecule has 46 nitrogen and oxygen atoms in total. The van der Waals surface area contributed by atoms with Crippen molar-refractivity contribution in [1.29, 1.82) is 5.41 Å². The van der Waals surface area contributed by atoms with Crippen molar-refractivity contribution in [2.45, 2.75) is 197 Å². The van der Waals surface area contributed by atoms with Gasteiger partial charge in [-0.2, -0.15) is 0 Å². The zero-order valence-electron chi connectivity index (χ0n) is 64.9. The predicted molar refractivity (Wildman–Crippen MR) is 410 cm³/mol. The van der Waals surface area contributed by atoms with Gasteiger partial charge >= 0.3 is 35.9 Å². The molecule has 0 bridgehead atoms. The number of H-pyrrole nitrogens is 1. The van der Waals surface area contributed by atoms with Crippen LogP contribution < -0.4 is 97.0 Å². The average Bonchev–Trinajstić information content (AvgIpc) is 1.59. The minimum atomic E-state index is -2.48. The number of aliphatic hydroxyl groups excluding tert-OH is 1. The van der Waals surface area contributed by atoms with Gasteiger partial charge in [-0.05, 0) is 62.8 Å². The van der Waals surface area contributed by atoms with E-state index in [4.69, 9.17) is 27.3 Å². The van der Waals surface area contributed by atoms with Crippen LogP contribution >= 0.6 is 0 Å². The van der Waals surface area contributed by atoms with Gasteiger partial charge in [0.05, 0.1) is 51.8 Å². The molecule has 1 aromatic heterocycles. The van der Waals surface area contributed by atoms with E-state index in [2.05, 4.69) is 75.7 Å². The van der Waals surface area contributed by atoms with Crippen LogP contribution in [-0.2, 0) is 97.5 Å². The summed E-state index contributed by atoms with van der Waals surface area (Å²) in [5.74, 6) is -30.2. The number of ether oxygens (including phenoxy) is 1. The third kappa shape index (κ3) is 33.5. The van der Waals surface area contributed by atoms with Gasteiger partial charge in [-0.15, -0.1) is 0 Å². The first-order valence-electron chi connectivity index (χ1n) is 37.3. The molecular weight excluding hydrogens is 1560 g/mol. The molecule has 646 valence electrons. The maximum atomic E-state index is 14.9.